The standard InChI is InChI=1S/C17H19FO/c1-3-12-8-9-15(10-13(12)4-2)17(19)14-6-5-7-16(18)11-14/h5-11,17,19H,3-4H2,1-2H3. The van der Waals surface area contributed by atoms with Gasteiger partial charge >= 0.3 is 0 Å². The van der Waals surface area contributed by atoms with E-state index in [9.17, 15) is 9.50 Å². The molecule has 0 aromatic heterocycles. The zero-order valence-electron chi connectivity index (χ0n) is 11.4. The van der Waals surface area contributed by atoms with Crippen LogP contribution in [0.15, 0.2) is 42.5 Å². The zero-order valence-corrected chi connectivity index (χ0v) is 11.4. The Labute approximate surface area is 113 Å². The van der Waals surface area contributed by atoms with Crippen molar-refractivity contribution < 1.29 is 9.50 Å². The number of benzene rings is 2. The molecule has 0 radical (unpaired) electrons. The Hall–Kier alpha value is -1.67. The molecule has 2 aromatic rings. The predicted molar refractivity (Wildman–Crippen MR) is 75.7 cm³/mol. The summed E-state index contributed by atoms with van der Waals surface area (Å²) in [6, 6.07) is 12.1. The minimum absolute atomic E-state index is 0.322. The maximum absolute atomic E-state index is 13.2. The van der Waals surface area contributed by atoms with Gasteiger partial charge in [-0.3, -0.25) is 0 Å². The molecule has 0 saturated carbocycles. The average molecular weight is 258 g/mol. The van der Waals surface area contributed by atoms with E-state index in [-0.39, 0.29) is 5.82 Å². The first-order valence-corrected chi connectivity index (χ1v) is 6.71. The average Bonchev–Trinajstić information content (AvgIpc) is 2.45. The zero-order chi connectivity index (χ0) is 13.8. The van der Waals surface area contributed by atoms with Crippen LogP contribution in [0.3, 0.4) is 0 Å². The second kappa shape index (κ2) is 5.98. The molecule has 2 heteroatoms. The highest BCUT2D eigenvalue weighted by molar-refractivity contribution is 5.37. The Bertz CT molecular complexity index is 563. The molecule has 0 spiro atoms. The molecule has 1 N–H and O–H groups in total. The molecule has 0 heterocycles. The highest BCUT2D eigenvalue weighted by atomic mass is 19.1. The van der Waals surface area contributed by atoms with Gasteiger partial charge in [0.15, 0.2) is 0 Å². The summed E-state index contributed by atoms with van der Waals surface area (Å²) < 4.78 is 13.2. The molecule has 0 saturated heterocycles. The van der Waals surface area contributed by atoms with Crippen LogP contribution in [0.5, 0.6) is 0 Å². The van der Waals surface area contributed by atoms with Gasteiger partial charge in [0.05, 0.1) is 0 Å². The summed E-state index contributed by atoms with van der Waals surface area (Å²) in [4.78, 5) is 0. The van der Waals surface area contributed by atoms with Gasteiger partial charge in [0.2, 0.25) is 0 Å². The Morgan fingerprint density at radius 1 is 0.947 bits per heavy atom. The normalized spacial score (nSPS) is 12.4. The minimum atomic E-state index is -0.771. The molecule has 1 atom stereocenters. The highest BCUT2D eigenvalue weighted by Gasteiger charge is 2.12. The molecule has 2 rings (SSSR count). The van der Waals surface area contributed by atoms with Gasteiger partial charge in [0.1, 0.15) is 11.9 Å². The molecule has 0 amide bonds. The monoisotopic (exact) mass is 258 g/mol. The van der Waals surface area contributed by atoms with Crippen LogP contribution in [0.2, 0.25) is 0 Å². The number of aliphatic hydroxyl groups is 1. The van der Waals surface area contributed by atoms with Crippen LogP contribution in [0.25, 0.3) is 0 Å². The number of rotatable bonds is 4. The van der Waals surface area contributed by atoms with Crippen LogP contribution < -0.4 is 0 Å². The lowest BCUT2D eigenvalue weighted by molar-refractivity contribution is 0.219. The molecule has 2 aromatic carbocycles. The Morgan fingerprint density at radius 3 is 2.26 bits per heavy atom. The van der Waals surface area contributed by atoms with Crippen molar-refractivity contribution in [1.82, 2.24) is 0 Å². The van der Waals surface area contributed by atoms with Crippen LogP contribution in [0, 0.1) is 5.82 Å². The predicted octanol–water partition coefficient (Wildman–Crippen LogP) is 4.03. The van der Waals surface area contributed by atoms with E-state index in [0.29, 0.717) is 5.56 Å². The minimum Gasteiger partial charge on any atom is -0.384 e. The molecule has 0 aliphatic rings. The lowest BCUT2D eigenvalue weighted by atomic mass is 9.95. The van der Waals surface area contributed by atoms with Gasteiger partial charge in [-0.05, 0) is 47.2 Å². The Kier molecular flexibility index (Phi) is 4.33. The fourth-order valence-corrected chi connectivity index (χ4v) is 2.36. The van der Waals surface area contributed by atoms with Crippen molar-refractivity contribution in [3.8, 4) is 0 Å². The van der Waals surface area contributed by atoms with E-state index in [1.165, 1.54) is 23.3 Å². The first kappa shape index (κ1) is 13.8. The number of aryl methyl sites for hydroxylation is 2. The van der Waals surface area contributed by atoms with Gasteiger partial charge in [-0.2, -0.15) is 0 Å². The molecule has 1 unspecified atom stereocenters. The summed E-state index contributed by atoms with van der Waals surface area (Å²) in [6.45, 7) is 4.23. The van der Waals surface area contributed by atoms with E-state index in [1.54, 1.807) is 12.1 Å². The fraction of sp³-hybridized carbons (Fsp3) is 0.294. The van der Waals surface area contributed by atoms with Gasteiger partial charge in [-0.25, -0.2) is 4.39 Å². The van der Waals surface area contributed by atoms with Gasteiger partial charge in [0.25, 0.3) is 0 Å². The lowest BCUT2D eigenvalue weighted by Crippen LogP contribution is -2.02. The van der Waals surface area contributed by atoms with Crippen LogP contribution in [0.4, 0.5) is 4.39 Å². The van der Waals surface area contributed by atoms with E-state index in [1.807, 2.05) is 12.1 Å². The van der Waals surface area contributed by atoms with Crippen molar-refractivity contribution in [2.75, 3.05) is 0 Å². The highest BCUT2D eigenvalue weighted by Crippen LogP contribution is 2.25. The number of halogens is 1. The van der Waals surface area contributed by atoms with Crippen molar-refractivity contribution in [2.45, 2.75) is 32.8 Å². The van der Waals surface area contributed by atoms with Crippen LogP contribution in [-0.4, -0.2) is 5.11 Å². The van der Waals surface area contributed by atoms with Gasteiger partial charge in [-0.15, -0.1) is 0 Å². The third-order valence-corrected chi connectivity index (χ3v) is 3.47. The summed E-state index contributed by atoms with van der Waals surface area (Å²) in [5.41, 5.74) is 3.96. The molecular weight excluding hydrogens is 239 g/mol. The molecule has 1 nitrogen and oxygen atoms in total. The number of hydrogen-bond acceptors (Lipinski definition) is 1. The lowest BCUT2D eigenvalue weighted by Gasteiger charge is -2.14. The summed E-state index contributed by atoms with van der Waals surface area (Å²) >= 11 is 0. The maximum atomic E-state index is 13.2. The Morgan fingerprint density at radius 2 is 1.63 bits per heavy atom. The quantitative estimate of drug-likeness (QED) is 0.877. The summed E-state index contributed by atoms with van der Waals surface area (Å²) in [5.74, 6) is -0.322. The van der Waals surface area contributed by atoms with Crippen LogP contribution in [-0.2, 0) is 12.8 Å². The third-order valence-electron chi connectivity index (χ3n) is 3.47. The molecule has 0 bridgehead atoms. The molecular formula is C17H19FO. The smallest absolute Gasteiger partial charge is 0.123 e. The largest absolute Gasteiger partial charge is 0.384 e. The summed E-state index contributed by atoms with van der Waals surface area (Å²) in [6.07, 6.45) is 1.15. The maximum Gasteiger partial charge on any atom is 0.123 e. The first-order chi connectivity index (χ1) is 9.15. The van der Waals surface area contributed by atoms with Crippen LogP contribution in [0.1, 0.15) is 42.2 Å². The topological polar surface area (TPSA) is 20.2 Å². The number of hydrogen-bond donors (Lipinski definition) is 1. The van der Waals surface area contributed by atoms with Crippen LogP contribution >= 0.6 is 0 Å². The summed E-state index contributed by atoms with van der Waals surface area (Å²) in [7, 11) is 0. The molecule has 19 heavy (non-hydrogen) atoms. The van der Waals surface area contributed by atoms with Crippen molar-refractivity contribution in [2.24, 2.45) is 0 Å². The van der Waals surface area contributed by atoms with Crippen molar-refractivity contribution in [1.29, 1.82) is 0 Å². The third kappa shape index (κ3) is 3.02. The molecule has 0 fully saturated rings. The number of aliphatic hydroxyl groups excluding tert-OH is 1. The summed E-state index contributed by atoms with van der Waals surface area (Å²) in [5, 5.41) is 10.3. The van der Waals surface area contributed by atoms with E-state index >= 15 is 0 Å². The van der Waals surface area contributed by atoms with Gasteiger partial charge in [0, 0.05) is 0 Å². The second-order valence-electron chi connectivity index (χ2n) is 4.69. The second-order valence-corrected chi connectivity index (χ2v) is 4.69. The Balaban J connectivity index is 2.36. The fourth-order valence-electron chi connectivity index (χ4n) is 2.36. The van der Waals surface area contributed by atoms with E-state index < -0.39 is 6.10 Å². The molecule has 100 valence electrons. The first-order valence-electron chi connectivity index (χ1n) is 6.71. The molecule has 0 aliphatic carbocycles. The SMILES string of the molecule is CCc1ccc(C(O)c2cccc(F)c2)cc1CC. The van der Waals surface area contributed by atoms with Gasteiger partial charge in [-0.1, -0.05) is 44.2 Å². The van der Waals surface area contributed by atoms with E-state index in [0.717, 1.165) is 18.4 Å². The van der Waals surface area contributed by atoms with Crippen molar-refractivity contribution in [3.63, 3.8) is 0 Å². The van der Waals surface area contributed by atoms with E-state index in [2.05, 4.69) is 19.9 Å². The van der Waals surface area contributed by atoms with Crippen molar-refractivity contribution in [3.05, 3.63) is 70.5 Å². The van der Waals surface area contributed by atoms with Crippen molar-refractivity contribution >= 4 is 0 Å². The van der Waals surface area contributed by atoms with Gasteiger partial charge < -0.3 is 5.11 Å². The van der Waals surface area contributed by atoms with E-state index in [4.69, 9.17) is 0 Å². The molecule has 0 aliphatic heterocycles.